The highest BCUT2D eigenvalue weighted by Gasteiger charge is 2.64. The highest BCUT2D eigenvalue weighted by molar-refractivity contribution is 7.91. The molecule has 0 radical (unpaired) electrons. The monoisotopic (exact) mass is 831 g/mol. The smallest absolute Gasteiger partial charge is 0.407 e. The van der Waals surface area contributed by atoms with Crippen LogP contribution in [-0.2, 0) is 42.0 Å². The number of aryl methyl sites for hydroxylation is 1. The van der Waals surface area contributed by atoms with E-state index >= 15 is 0 Å². The van der Waals surface area contributed by atoms with E-state index in [4.69, 9.17) is 9.47 Å². The number of amides is 4. The van der Waals surface area contributed by atoms with Gasteiger partial charge in [-0.2, -0.15) is 13.2 Å². The number of rotatable bonds is 6. The number of carbonyl (C=O) groups excluding carboxylic acids is 4. The van der Waals surface area contributed by atoms with Crippen LogP contribution in [-0.4, -0.2) is 89.4 Å². The lowest BCUT2D eigenvalue weighted by Gasteiger charge is -2.37. The highest BCUT2D eigenvalue weighted by atomic mass is 32.2. The first-order valence-electron chi connectivity index (χ1n) is 20.1. The van der Waals surface area contributed by atoms with E-state index in [1.54, 1.807) is 37.3 Å². The molecule has 2 saturated carbocycles. The molecule has 4 heterocycles. The fourth-order valence-corrected chi connectivity index (χ4v) is 9.64. The largest absolute Gasteiger partial charge is 0.483 e. The molecular weight excluding hydrogens is 780 g/mol. The van der Waals surface area contributed by atoms with E-state index in [-0.39, 0.29) is 62.1 Å². The van der Waals surface area contributed by atoms with E-state index in [2.05, 4.69) is 20.3 Å². The maximum Gasteiger partial charge on any atom is 0.407 e. The minimum absolute atomic E-state index is 0.0414. The molecular formula is C41H52F3N5O8S. The zero-order valence-corrected chi connectivity index (χ0v) is 34.1. The number of hydrogen-bond donors (Lipinski definition) is 3. The average molecular weight is 832 g/mol. The Hall–Kier alpha value is -4.41. The fraction of sp³-hybridized carbons (Fsp3) is 0.634. The predicted molar refractivity (Wildman–Crippen MR) is 207 cm³/mol. The molecule has 1 saturated heterocycles. The van der Waals surface area contributed by atoms with E-state index in [0.717, 1.165) is 6.42 Å². The van der Waals surface area contributed by atoms with E-state index < -0.39 is 80.3 Å². The number of para-hydroxylation sites is 1. The van der Waals surface area contributed by atoms with Crippen LogP contribution in [0.2, 0.25) is 0 Å². The maximum absolute atomic E-state index is 14.7. The fourth-order valence-electron chi connectivity index (χ4n) is 8.32. The second kappa shape index (κ2) is 15.0. The number of alkyl halides is 3. The number of nitrogens with one attached hydrogen (secondary N) is 3. The standard InChI is InChI=1S/C41H52F3N5O8S/c1-37(2,3)24-56-36(53)46-29-15-9-7-5-6-8-12-25-20-40(25,35(52)48-58(54,55)38(4)18-19-38)47-33(50)31-22-39(23-49(31)34(29)51)17-16-27-26-13-10-11-14-28(26)45-30(32(27)57-39)21-41(42,43)44/h8,10-14,25,29,31H,5-7,9,15-24H2,1-4H3,(H,46,53)(H,47,50)(H,48,52)/b12-8-/t25-,29-,31-,39+,40+/m0/s1. The van der Waals surface area contributed by atoms with Crippen LogP contribution in [0.4, 0.5) is 18.0 Å². The van der Waals surface area contributed by atoms with Crippen LogP contribution in [0.15, 0.2) is 36.4 Å². The van der Waals surface area contributed by atoms with Gasteiger partial charge in [0.1, 0.15) is 29.0 Å². The van der Waals surface area contributed by atoms with Gasteiger partial charge >= 0.3 is 12.3 Å². The van der Waals surface area contributed by atoms with Crippen LogP contribution >= 0.6 is 0 Å². The van der Waals surface area contributed by atoms with Gasteiger partial charge in [-0.3, -0.25) is 19.1 Å². The minimum Gasteiger partial charge on any atom is -0.483 e. The van der Waals surface area contributed by atoms with Gasteiger partial charge in [0.25, 0.3) is 5.91 Å². The van der Waals surface area contributed by atoms with Crippen molar-refractivity contribution in [1.29, 1.82) is 0 Å². The molecule has 2 aliphatic carbocycles. The third-order valence-corrected chi connectivity index (χ3v) is 14.2. The third kappa shape index (κ3) is 8.64. The molecule has 13 nitrogen and oxygen atoms in total. The van der Waals surface area contributed by atoms with Crippen LogP contribution < -0.4 is 20.1 Å². The highest BCUT2D eigenvalue weighted by Crippen LogP contribution is 2.49. The number of pyridine rings is 1. The van der Waals surface area contributed by atoms with Crippen molar-refractivity contribution in [2.24, 2.45) is 11.3 Å². The van der Waals surface area contributed by atoms with Crippen molar-refractivity contribution in [3.05, 3.63) is 47.7 Å². The van der Waals surface area contributed by atoms with Gasteiger partial charge in [-0.1, -0.05) is 64.0 Å². The minimum atomic E-state index is -4.62. The van der Waals surface area contributed by atoms with Crippen molar-refractivity contribution in [3.63, 3.8) is 0 Å². The number of aromatic nitrogens is 1. The Morgan fingerprint density at radius 3 is 2.52 bits per heavy atom. The lowest BCUT2D eigenvalue weighted by molar-refractivity contribution is -0.141. The number of nitrogens with zero attached hydrogens (tertiary/aromatic N) is 2. The Bertz CT molecular complexity index is 2130. The Morgan fingerprint density at radius 2 is 1.81 bits per heavy atom. The molecule has 0 bridgehead atoms. The molecule has 5 aliphatic rings. The molecule has 3 aliphatic heterocycles. The summed E-state index contributed by atoms with van der Waals surface area (Å²) >= 11 is 0. The summed E-state index contributed by atoms with van der Waals surface area (Å²) in [5.41, 5.74) is -2.72. The van der Waals surface area contributed by atoms with Crippen molar-refractivity contribution < 1.29 is 50.2 Å². The number of benzene rings is 1. The van der Waals surface area contributed by atoms with Gasteiger partial charge in [0.2, 0.25) is 21.8 Å². The number of allylic oxidation sites excluding steroid dienone is 1. The number of alkyl carbamates (subject to hydrolysis) is 1. The lowest BCUT2D eigenvalue weighted by Crippen LogP contribution is -2.58. The summed E-state index contributed by atoms with van der Waals surface area (Å²) in [6, 6.07) is 4.42. The summed E-state index contributed by atoms with van der Waals surface area (Å²) in [5.74, 6) is -2.82. The first-order valence-corrected chi connectivity index (χ1v) is 21.6. The number of hydrogen-bond acceptors (Lipinski definition) is 9. The number of carbonyl (C=O) groups is 4. The molecule has 2 aromatic rings. The molecule has 0 unspecified atom stereocenters. The molecule has 17 heteroatoms. The molecule has 3 fully saturated rings. The zero-order chi connectivity index (χ0) is 41.9. The SMILES string of the molecule is CC(C)(C)COC(=O)N[C@H]1CCCCC/C=C\[C@H]2C[C@@]2(C(=O)NS(=O)(=O)C2(C)CC2)NC(=O)[C@@H]2C[C@]3(CCc4c(c(CC(F)(F)F)nc5ccccc45)O3)CN2C1=O. The first-order chi connectivity index (χ1) is 27.1. The summed E-state index contributed by atoms with van der Waals surface area (Å²) in [6.07, 6.45) is 0.931. The summed E-state index contributed by atoms with van der Waals surface area (Å²) in [6.45, 7) is 7.06. The third-order valence-electron chi connectivity index (χ3n) is 12.1. The topological polar surface area (TPSA) is 173 Å². The number of sulfonamides is 1. The molecule has 316 valence electrons. The van der Waals surface area contributed by atoms with Gasteiger partial charge in [0, 0.05) is 23.3 Å². The Kier molecular flexibility index (Phi) is 10.8. The van der Waals surface area contributed by atoms with Gasteiger partial charge in [-0.15, -0.1) is 0 Å². The average Bonchev–Trinajstić information content (AvgIpc) is 4.03. The summed E-state index contributed by atoms with van der Waals surface area (Å²) in [7, 11) is -4.07. The van der Waals surface area contributed by atoms with E-state index in [9.17, 15) is 40.8 Å². The Labute approximate surface area is 336 Å². The molecule has 7 rings (SSSR count). The molecule has 3 N–H and O–H groups in total. The van der Waals surface area contributed by atoms with E-state index in [0.29, 0.717) is 48.6 Å². The van der Waals surface area contributed by atoms with Crippen LogP contribution in [0.1, 0.15) is 103 Å². The molecule has 4 amide bonds. The predicted octanol–water partition coefficient (Wildman–Crippen LogP) is 5.54. The Balaban J connectivity index is 1.25. The molecule has 1 aromatic carbocycles. The van der Waals surface area contributed by atoms with Crippen molar-refractivity contribution in [2.45, 2.75) is 139 Å². The number of fused-ring (bicyclic) bond motifs is 5. The molecule has 1 spiro atoms. The maximum atomic E-state index is 14.7. The second-order valence-electron chi connectivity index (χ2n) is 18.2. The zero-order valence-electron chi connectivity index (χ0n) is 33.3. The first kappa shape index (κ1) is 41.7. The van der Waals surface area contributed by atoms with Gasteiger partial charge < -0.3 is 25.0 Å². The van der Waals surface area contributed by atoms with Gasteiger partial charge in [-0.05, 0) is 69.8 Å². The van der Waals surface area contributed by atoms with Crippen molar-refractivity contribution in [2.75, 3.05) is 13.2 Å². The van der Waals surface area contributed by atoms with Gasteiger partial charge in [0.05, 0.1) is 35.5 Å². The van der Waals surface area contributed by atoms with E-state index in [1.807, 2.05) is 26.8 Å². The Morgan fingerprint density at radius 1 is 1.07 bits per heavy atom. The molecule has 58 heavy (non-hydrogen) atoms. The van der Waals surface area contributed by atoms with Crippen LogP contribution in [0.3, 0.4) is 0 Å². The number of ether oxygens (including phenoxy) is 2. The quantitative estimate of drug-likeness (QED) is 0.316. The molecule has 1 aromatic heterocycles. The van der Waals surface area contributed by atoms with Crippen molar-refractivity contribution in [1.82, 2.24) is 25.2 Å². The van der Waals surface area contributed by atoms with Gasteiger partial charge in [0.15, 0.2) is 0 Å². The van der Waals surface area contributed by atoms with Crippen molar-refractivity contribution in [3.8, 4) is 5.75 Å². The second-order valence-corrected chi connectivity index (χ2v) is 20.4. The van der Waals surface area contributed by atoms with E-state index in [1.165, 1.54) is 4.90 Å². The van der Waals surface area contributed by atoms with Crippen molar-refractivity contribution >= 4 is 44.7 Å². The van der Waals surface area contributed by atoms with Gasteiger partial charge in [-0.25, -0.2) is 18.2 Å². The number of halogens is 3. The van der Waals surface area contributed by atoms with Crippen LogP contribution in [0.25, 0.3) is 10.9 Å². The summed E-state index contributed by atoms with van der Waals surface area (Å²) in [4.78, 5) is 62.1. The van der Waals surface area contributed by atoms with Crippen LogP contribution in [0.5, 0.6) is 5.75 Å². The normalized spacial score (nSPS) is 29.1. The summed E-state index contributed by atoms with van der Waals surface area (Å²) < 4.78 is 81.6. The summed E-state index contributed by atoms with van der Waals surface area (Å²) in [5, 5.41) is 6.17. The molecule has 5 atom stereocenters. The lowest BCUT2D eigenvalue weighted by atomic mass is 9.87. The van der Waals surface area contributed by atoms with Crippen LogP contribution in [0, 0.1) is 11.3 Å².